The second-order valence-electron chi connectivity index (χ2n) is 5.86. The molecule has 0 aliphatic rings. The molecule has 0 fully saturated rings. The Hall–Kier alpha value is -3.60. The van der Waals surface area contributed by atoms with Crippen molar-refractivity contribution in [2.75, 3.05) is 0 Å². The third kappa shape index (κ3) is 3.42. The summed E-state index contributed by atoms with van der Waals surface area (Å²) in [5.41, 5.74) is 3.26. The average molecular weight is 340 g/mol. The number of aromatic nitrogens is 4. The molecule has 0 amide bonds. The van der Waals surface area contributed by atoms with Gasteiger partial charge in [0, 0.05) is 36.6 Å². The summed E-state index contributed by atoms with van der Waals surface area (Å²) in [7, 11) is 0. The van der Waals surface area contributed by atoms with Crippen molar-refractivity contribution in [2.24, 2.45) is 0 Å². The van der Waals surface area contributed by atoms with E-state index in [-0.39, 0.29) is 5.43 Å². The molecule has 26 heavy (non-hydrogen) atoms. The zero-order valence-electron chi connectivity index (χ0n) is 14.0. The molecule has 0 saturated carbocycles. The fourth-order valence-electron chi connectivity index (χ4n) is 2.76. The smallest absolute Gasteiger partial charge is 0.203 e. The highest BCUT2D eigenvalue weighted by Gasteiger charge is 2.07. The number of benzene rings is 2. The van der Waals surface area contributed by atoms with E-state index in [1.54, 1.807) is 35.4 Å². The first-order valence-electron chi connectivity index (χ1n) is 8.30. The second kappa shape index (κ2) is 7.11. The molecule has 0 aliphatic heterocycles. The molecule has 0 unspecified atom stereocenters. The van der Waals surface area contributed by atoms with E-state index in [1.165, 1.54) is 0 Å². The normalized spacial score (nSPS) is 10.6. The molecular weight excluding hydrogens is 324 g/mol. The maximum absolute atomic E-state index is 12.3. The summed E-state index contributed by atoms with van der Waals surface area (Å²) < 4.78 is 1.72. The minimum Gasteiger partial charge on any atom is -0.288 e. The van der Waals surface area contributed by atoms with Crippen LogP contribution in [-0.2, 0) is 6.42 Å². The lowest BCUT2D eigenvalue weighted by atomic mass is 10.1. The van der Waals surface area contributed by atoms with Gasteiger partial charge in [-0.25, -0.2) is 14.6 Å². The molecule has 0 saturated heterocycles. The summed E-state index contributed by atoms with van der Waals surface area (Å²) in [4.78, 5) is 20.8. The predicted molar refractivity (Wildman–Crippen MR) is 100 cm³/mol. The fraction of sp³-hybridized carbons (Fsp3) is 0.0476. The van der Waals surface area contributed by atoms with Gasteiger partial charge in [0.05, 0.1) is 5.69 Å². The van der Waals surface area contributed by atoms with Gasteiger partial charge < -0.3 is 0 Å². The van der Waals surface area contributed by atoms with Gasteiger partial charge in [0.2, 0.25) is 5.43 Å². The number of rotatable bonds is 4. The van der Waals surface area contributed by atoms with Gasteiger partial charge in [-0.1, -0.05) is 36.4 Å². The molecule has 5 heteroatoms. The quantitative estimate of drug-likeness (QED) is 0.572. The number of nitrogens with zero attached hydrogens (tertiary/aromatic N) is 4. The van der Waals surface area contributed by atoms with E-state index in [2.05, 4.69) is 15.1 Å². The Morgan fingerprint density at radius 2 is 1.65 bits per heavy atom. The van der Waals surface area contributed by atoms with Crippen molar-refractivity contribution in [3.05, 3.63) is 107 Å². The molecule has 2 aromatic carbocycles. The third-order valence-corrected chi connectivity index (χ3v) is 4.02. The molecular formula is C21H16N4O. The van der Waals surface area contributed by atoms with E-state index in [9.17, 15) is 4.79 Å². The van der Waals surface area contributed by atoms with Crippen LogP contribution < -0.4 is 5.43 Å². The molecule has 0 spiro atoms. The van der Waals surface area contributed by atoms with Crippen molar-refractivity contribution < 1.29 is 0 Å². The van der Waals surface area contributed by atoms with Crippen molar-refractivity contribution in [1.82, 2.24) is 19.7 Å². The molecule has 0 N–H and O–H groups in total. The maximum atomic E-state index is 12.3. The van der Waals surface area contributed by atoms with Crippen LogP contribution >= 0.6 is 0 Å². The fourth-order valence-corrected chi connectivity index (χ4v) is 2.76. The largest absolute Gasteiger partial charge is 0.288 e. The number of hydrogen-bond acceptors (Lipinski definition) is 4. The summed E-state index contributed by atoms with van der Waals surface area (Å²) in [6.07, 6.45) is 5.57. The van der Waals surface area contributed by atoms with Gasteiger partial charge in [-0.2, -0.15) is 5.10 Å². The predicted octanol–water partition coefficient (Wildman–Crippen LogP) is 3.28. The van der Waals surface area contributed by atoms with Gasteiger partial charge in [0.15, 0.2) is 5.82 Å². The van der Waals surface area contributed by atoms with E-state index in [0.717, 1.165) is 16.8 Å². The van der Waals surface area contributed by atoms with Gasteiger partial charge in [0.1, 0.15) is 5.69 Å². The zero-order chi connectivity index (χ0) is 17.8. The Morgan fingerprint density at radius 3 is 2.46 bits per heavy atom. The first kappa shape index (κ1) is 15.9. The van der Waals surface area contributed by atoms with Crippen molar-refractivity contribution in [3.8, 4) is 17.1 Å². The van der Waals surface area contributed by atoms with Crippen molar-refractivity contribution in [3.63, 3.8) is 0 Å². The SMILES string of the molecule is O=c1ccn(-c2ccccc2)nc1Cc1cccc(-c2ncccn2)c1. The number of para-hydroxylation sites is 1. The average Bonchev–Trinajstić information content (AvgIpc) is 2.71. The summed E-state index contributed by atoms with van der Waals surface area (Å²) in [5.74, 6) is 0.664. The van der Waals surface area contributed by atoms with Gasteiger partial charge in [-0.15, -0.1) is 0 Å². The minimum atomic E-state index is -0.0708. The molecule has 126 valence electrons. The molecule has 0 atom stereocenters. The summed E-state index contributed by atoms with van der Waals surface area (Å²) in [6, 6.07) is 21.0. The second-order valence-corrected chi connectivity index (χ2v) is 5.86. The Bertz CT molecular complexity index is 1080. The lowest BCUT2D eigenvalue weighted by Crippen LogP contribution is -2.16. The third-order valence-electron chi connectivity index (χ3n) is 4.02. The van der Waals surface area contributed by atoms with E-state index in [0.29, 0.717) is 17.9 Å². The maximum Gasteiger partial charge on any atom is 0.203 e. The van der Waals surface area contributed by atoms with Crippen LogP contribution in [0.4, 0.5) is 0 Å². The first-order chi connectivity index (χ1) is 12.8. The van der Waals surface area contributed by atoms with Crippen LogP contribution in [0.2, 0.25) is 0 Å². The summed E-state index contributed by atoms with van der Waals surface area (Å²) in [6.45, 7) is 0. The van der Waals surface area contributed by atoms with E-state index in [1.807, 2.05) is 54.6 Å². The zero-order valence-corrected chi connectivity index (χ0v) is 14.0. The molecule has 4 aromatic rings. The lowest BCUT2D eigenvalue weighted by molar-refractivity contribution is 0.792. The van der Waals surface area contributed by atoms with Gasteiger partial charge >= 0.3 is 0 Å². The van der Waals surface area contributed by atoms with E-state index < -0.39 is 0 Å². The highest BCUT2D eigenvalue weighted by atomic mass is 16.1. The highest BCUT2D eigenvalue weighted by Crippen LogP contribution is 2.17. The van der Waals surface area contributed by atoms with Crippen LogP contribution in [0.15, 0.2) is 90.1 Å². The lowest BCUT2D eigenvalue weighted by Gasteiger charge is -2.08. The molecule has 4 rings (SSSR count). The Kier molecular flexibility index (Phi) is 4.35. The van der Waals surface area contributed by atoms with Gasteiger partial charge in [0.25, 0.3) is 0 Å². The van der Waals surface area contributed by atoms with E-state index >= 15 is 0 Å². The molecule has 2 aromatic heterocycles. The van der Waals surface area contributed by atoms with Crippen molar-refractivity contribution in [2.45, 2.75) is 6.42 Å². The van der Waals surface area contributed by atoms with Gasteiger partial charge in [-0.05, 0) is 29.8 Å². The summed E-state index contributed by atoms with van der Waals surface area (Å²) >= 11 is 0. The van der Waals surface area contributed by atoms with Crippen LogP contribution in [0.25, 0.3) is 17.1 Å². The van der Waals surface area contributed by atoms with Crippen LogP contribution in [0, 0.1) is 0 Å². The molecule has 0 aliphatic carbocycles. The Labute approximate surface area is 150 Å². The minimum absolute atomic E-state index is 0.0708. The monoisotopic (exact) mass is 340 g/mol. The standard InChI is InChI=1S/C21H16N4O/c26-20-10-13-25(18-8-2-1-3-9-18)24-19(20)15-16-6-4-7-17(14-16)21-22-11-5-12-23-21/h1-14H,15H2. The first-order valence-corrected chi connectivity index (χ1v) is 8.30. The van der Waals surface area contributed by atoms with Crippen LogP contribution in [0.1, 0.15) is 11.3 Å². The molecule has 0 bridgehead atoms. The highest BCUT2D eigenvalue weighted by molar-refractivity contribution is 5.55. The van der Waals surface area contributed by atoms with E-state index in [4.69, 9.17) is 0 Å². The Balaban J connectivity index is 1.67. The van der Waals surface area contributed by atoms with Gasteiger partial charge in [-0.3, -0.25) is 4.79 Å². The molecule has 2 heterocycles. The van der Waals surface area contributed by atoms with Crippen molar-refractivity contribution >= 4 is 0 Å². The summed E-state index contributed by atoms with van der Waals surface area (Å²) in [5, 5.41) is 4.51. The van der Waals surface area contributed by atoms with Crippen LogP contribution in [0.5, 0.6) is 0 Å². The number of hydrogen-bond donors (Lipinski definition) is 0. The Morgan fingerprint density at radius 1 is 0.846 bits per heavy atom. The van der Waals surface area contributed by atoms with Crippen molar-refractivity contribution in [1.29, 1.82) is 0 Å². The van der Waals surface area contributed by atoms with Crippen LogP contribution in [0.3, 0.4) is 0 Å². The molecule has 0 radical (unpaired) electrons. The topological polar surface area (TPSA) is 60.7 Å². The van der Waals surface area contributed by atoms with Crippen LogP contribution in [-0.4, -0.2) is 19.7 Å². The molecule has 5 nitrogen and oxygen atoms in total.